The first-order chi connectivity index (χ1) is 14.2. The highest BCUT2D eigenvalue weighted by Gasteiger charge is 2.66. The van der Waals surface area contributed by atoms with Gasteiger partial charge in [0.05, 0.1) is 11.6 Å². The molecule has 1 fully saturated rings. The van der Waals surface area contributed by atoms with Gasteiger partial charge in [-0.2, -0.15) is 13.2 Å². The van der Waals surface area contributed by atoms with Gasteiger partial charge in [0.15, 0.2) is 5.78 Å². The number of halogens is 3. The zero-order valence-electron chi connectivity index (χ0n) is 15.2. The number of hydrogen-bond acceptors (Lipinski definition) is 5. The van der Waals surface area contributed by atoms with Crippen molar-refractivity contribution in [2.75, 3.05) is 0 Å². The van der Waals surface area contributed by atoms with Crippen molar-refractivity contribution < 1.29 is 27.9 Å². The number of urea groups is 1. The number of ketones is 1. The van der Waals surface area contributed by atoms with Gasteiger partial charge < -0.3 is 15.7 Å². The molecule has 1 aliphatic rings. The quantitative estimate of drug-likeness (QED) is 0.570. The van der Waals surface area contributed by atoms with E-state index in [-0.39, 0.29) is 11.1 Å². The molecule has 3 atom stereocenters. The van der Waals surface area contributed by atoms with Crippen LogP contribution in [0.3, 0.4) is 0 Å². The number of amides is 2. The van der Waals surface area contributed by atoms with E-state index in [0.717, 1.165) is 6.20 Å². The lowest BCUT2D eigenvalue weighted by Crippen LogP contribution is -2.72. The molecular weight excluding hydrogens is 401 g/mol. The zero-order valence-corrected chi connectivity index (χ0v) is 15.2. The van der Waals surface area contributed by atoms with Crippen LogP contribution in [-0.2, 0) is 0 Å². The van der Waals surface area contributed by atoms with Crippen LogP contribution in [0, 0.1) is 5.92 Å². The molecule has 0 aliphatic carbocycles. The molecule has 1 aliphatic heterocycles. The number of aromatic nitrogens is 2. The summed E-state index contributed by atoms with van der Waals surface area (Å²) in [7, 11) is 0. The third-order valence-electron chi connectivity index (χ3n) is 5.02. The Bertz CT molecular complexity index is 1120. The topological polar surface area (TPSA) is 104 Å². The van der Waals surface area contributed by atoms with E-state index in [0.29, 0.717) is 10.9 Å². The van der Waals surface area contributed by atoms with E-state index in [1.54, 1.807) is 24.4 Å². The summed E-state index contributed by atoms with van der Waals surface area (Å²) in [6, 6.07) is 7.89. The lowest BCUT2D eigenvalue weighted by atomic mass is 9.77. The van der Waals surface area contributed by atoms with E-state index in [1.807, 2.05) is 0 Å². The number of Topliss-reactive ketones (excluding diaryl/α,β-unsaturated/α-hetero) is 1. The molecule has 4 rings (SSSR count). The van der Waals surface area contributed by atoms with Crippen LogP contribution in [0.1, 0.15) is 22.0 Å². The predicted molar refractivity (Wildman–Crippen MR) is 99.2 cm³/mol. The normalized spacial score (nSPS) is 24.2. The van der Waals surface area contributed by atoms with Gasteiger partial charge in [-0.05, 0) is 35.9 Å². The highest BCUT2D eigenvalue weighted by atomic mass is 19.4. The smallest absolute Gasteiger partial charge is 0.363 e. The van der Waals surface area contributed by atoms with Gasteiger partial charge in [0.1, 0.15) is 5.92 Å². The Morgan fingerprint density at radius 1 is 1.13 bits per heavy atom. The van der Waals surface area contributed by atoms with Crippen LogP contribution in [0.2, 0.25) is 0 Å². The van der Waals surface area contributed by atoms with E-state index in [2.05, 4.69) is 15.3 Å². The van der Waals surface area contributed by atoms with E-state index < -0.39 is 35.7 Å². The maximum Gasteiger partial charge on any atom is 0.437 e. The van der Waals surface area contributed by atoms with Crippen LogP contribution in [0.15, 0.2) is 61.1 Å². The van der Waals surface area contributed by atoms with Crippen LogP contribution in [0.25, 0.3) is 10.9 Å². The molecule has 7 nitrogen and oxygen atoms in total. The van der Waals surface area contributed by atoms with Crippen molar-refractivity contribution in [3.8, 4) is 0 Å². The molecule has 3 N–H and O–H groups in total. The molecule has 2 aromatic heterocycles. The summed E-state index contributed by atoms with van der Waals surface area (Å²) in [4.78, 5) is 33.1. The Morgan fingerprint density at radius 3 is 2.60 bits per heavy atom. The maximum atomic E-state index is 13.9. The van der Waals surface area contributed by atoms with Gasteiger partial charge in [-0.15, -0.1) is 0 Å². The van der Waals surface area contributed by atoms with Crippen molar-refractivity contribution in [2.45, 2.75) is 17.9 Å². The fourth-order valence-electron chi connectivity index (χ4n) is 3.59. The molecular formula is C20H15F3N4O3. The third kappa shape index (κ3) is 3.24. The first-order valence-electron chi connectivity index (χ1n) is 8.87. The van der Waals surface area contributed by atoms with Gasteiger partial charge in [-0.3, -0.25) is 14.8 Å². The molecule has 10 heteroatoms. The standard InChI is InChI=1S/C20H15F3N4O3/c21-20(22,23)19(30)15(17(28)13-4-1-7-24-10-13)16(26-18(29)27-19)12-5-6-14-11(9-12)3-2-8-25-14/h1-10,15-16,30H,(H2,26,27,29)/t15-,16+,19+/m0/s1. The molecule has 3 heterocycles. The molecule has 0 bridgehead atoms. The van der Waals surface area contributed by atoms with Crippen LogP contribution < -0.4 is 10.6 Å². The Hall–Kier alpha value is -3.53. The van der Waals surface area contributed by atoms with Crippen molar-refractivity contribution in [1.82, 2.24) is 20.6 Å². The molecule has 0 saturated carbocycles. The van der Waals surface area contributed by atoms with Crippen LogP contribution in [0.4, 0.5) is 18.0 Å². The number of nitrogens with zero attached hydrogens (tertiary/aromatic N) is 2. The fourth-order valence-corrected chi connectivity index (χ4v) is 3.59. The molecule has 2 amide bonds. The highest BCUT2D eigenvalue weighted by Crippen LogP contribution is 2.44. The number of fused-ring (bicyclic) bond motifs is 1. The monoisotopic (exact) mass is 416 g/mol. The van der Waals surface area contributed by atoms with Crippen LogP contribution >= 0.6 is 0 Å². The van der Waals surface area contributed by atoms with Crippen LogP contribution in [-0.4, -0.2) is 38.8 Å². The highest BCUT2D eigenvalue weighted by molar-refractivity contribution is 6.00. The van der Waals surface area contributed by atoms with E-state index >= 15 is 0 Å². The summed E-state index contributed by atoms with van der Waals surface area (Å²) >= 11 is 0. The lowest BCUT2D eigenvalue weighted by molar-refractivity contribution is -0.287. The number of hydrogen-bond donors (Lipinski definition) is 3. The first kappa shape index (κ1) is 19.8. The van der Waals surface area contributed by atoms with Gasteiger partial charge in [0.25, 0.3) is 0 Å². The molecule has 1 aromatic carbocycles. The van der Waals surface area contributed by atoms with E-state index in [9.17, 15) is 27.9 Å². The van der Waals surface area contributed by atoms with Gasteiger partial charge >= 0.3 is 12.2 Å². The number of carbonyl (C=O) groups is 2. The number of alkyl halides is 3. The molecule has 0 spiro atoms. The largest absolute Gasteiger partial charge is 0.437 e. The minimum Gasteiger partial charge on any atom is -0.363 e. The fraction of sp³-hybridized carbons (Fsp3) is 0.200. The van der Waals surface area contributed by atoms with Crippen molar-refractivity contribution in [3.05, 3.63) is 72.2 Å². The van der Waals surface area contributed by atoms with Gasteiger partial charge in [-0.25, -0.2) is 4.79 Å². The molecule has 1 saturated heterocycles. The Labute approximate surface area is 168 Å². The van der Waals surface area contributed by atoms with Gasteiger partial charge in [-0.1, -0.05) is 12.1 Å². The van der Waals surface area contributed by atoms with E-state index in [4.69, 9.17) is 0 Å². The second kappa shape index (κ2) is 7.06. The van der Waals surface area contributed by atoms with Gasteiger partial charge in [0, 0.05) is 29.5 Å². The summed E-state index contributed by atoms with van der Waals surface area (Å²) in [6.45, 7) is 0. The molecule has 154 valence electrons. The first-order valence-corrected chi connectivity index (χ1v) is 8.87. The number of carbonyl (C=O) groups excluding carboxylic acids is 2. The number of rotatable bonds is 3. The Kier molecular flexibility index (Phi) is 4.65. The second-order valence-electron chi connectivity index (χ2n) is 6.88. The summed E-state index contributed by atoms with van der Waals surface area (Å²) in [5.41, 5.74) is -3.11. The van der Waals surface area contributed by atoms with Crippen molar-refractivity contribution in [1.29, 1.82) is 0 Å². The summed E-state index contributed by atoms with van der Waals surface area (Å²) in [5.74, 6) is -3.12. The number of benzene rings is 1. The predicted octanol–water partition coefficient (Wildman–Crippen LogP) is 2.73. The number of nitrogens with one attached hydrogen (secondary N) is 2. The average molecular weight is 416 g/mol. The minimum atomic E-state index is -5.32. The third-order valence-corrected chi connectivity index (χ3v) is 5.02. The maximum absolute atomic E-state index is 13.9. The zero-order chi connectivity index (χ0) is 21.5. The Morgan fingerprint density at radius 2 is 1.90 bits per heavy atom. The minimum absolute atomic E-state index is 0.129. The summed E-state index contributed by atoms with van der Waals surface area (Å²) in [6.07, 6.45) is -1.28. The number of pyridine rings is 2. The second-order valence-corrected chi connectivity index (χ2v) is 6.88. The number of aliphatic hydroxyl groups is 1. The Balaban J connectivity index is 1.88. The summed E-state index contributed by atoms with van der Waals surface area (Å²) in [5, 5.41) is 15.0. The lowest BCUT2D eigenvalue weighted by Gasteiger charge is -2.45. The van der Waals surface area contributed by atoms with Crippen LogP contribution in [0.5, 0.6) is 0 Å². The molecule has 0 radical (unpaired) electrons. The van der Waals surface area contributed by atoms with Gasteiger partial charge in [0.2, 0.25) is 5.72 Å². The average Bonchev–Trinajstić information content (AvgIpc) is 2.72. The molecule has 0 unspecified atom stereocenters. The molecule has 30 heavy (non-hydrogen) atoms. The van der Waals surface area contributed by atoms with E-state index in [1.165, 1.54) is 35.8 Å². The van der Waals surface area contributed by atoms with Crippen molar-refractivity contribution >= 4 is 22.7 Å². The van der Waals surface area contributed by atoms with Crippen molar-refractivity contribution in [3.63, 3.8) is 0 Å². The summed E-state index contributed by atoms with van der Waals surface area (Å²) < 4.78 is 41.7. The van der Waals surface area contributed by atoms with Crippen molar-refractivity contribution in [2.24, 2.45) is 5.92 Å². The molecule has 3 aromatic rings. The SMILES string of the molecule is O=C1N[C@H](c2ccc3ncccc3c2)[C@@H](C(=O)c2cccnc2)[C@@](O)(C(F)(F)F)N1.